The van der Waals surface area contributed by atoms with E-state index in [9.17, 15) is 5.11 Å². The smallest absolute Gasteiger partial charge is 0.224 e. The van der Waals surface area contributed by atoms with Gasteiger partial charge in [-0.05, 0) is 35.9 Å². The van der Waals surface area contributed by atoms with Crippen LogP contribution in [-0.4, -0.2) is 15.1 Å². The Balaban J connectivity index is 2.13. The number of halogens is 1. The lowest BCUT2D eigenvalue weighted by molar-refractivity contribution is 0.478. The van der Waals surface area contributed by atoms with E-state index in [4.69, 9.17) is 11.6 Å². The summed E-state index contributed by atoms with van der Waals surface area (Å²) in [6.45, 7) is 0. The number of fused-ring (bicyclic) bond motifs is 1. The second-order valence-electron chi connectivity index (χ2n) is 4.00. The van der Waals surface area contributed by atoms with E-state index in [1.165, 1.54) is 0 Å². The maximum atomic E-state index is 9.77. The monoisotopic (exact) mass is 271 g/mol. The van der Waals surface area contributed by atoms with Gasteiger partial charge in [0.1, 0.15) is 11.6 Å². The molecule has 0 radical (unpaired) electrons. The third-order valence-corrected chi connectivity index (χ3v) is 2.90. The van der Waals surface area contributed by atoms with Crippen LogP contribution < -0.4 is 5.32 Å². The first-order chi connectivity index (χ1) is 9.24. The van der Waals surface area contributed by atoms with E-state index in [1.54, 1.807) is 18.2 Å². The van der Waals surface area contributed by atoms with Gasteiger partial charge in [0.15, 0.2) is 0 Å². The van der Waals surface area contributed by atoms with Gasteiger partial charge in [0, 0.05) is 5.39 Å². The van der Waals surface area contributed by atoms with Crippen LogP contribution in [0.3, 0.4) is 0 Å². The van der Waals surface area contributed by atoms with Crippen molar-refractivity contribution in [3.05, 3.63) is 53.8 Å². The fourth-order valence-electron chi connectivity index (χ4n) is 1.85. The lowest BCUT2D eigenvalue weighted by Gasteiger charge is -2.10. The Kier molecular flexibility index (Phi) is 2.93. The Morgan fingerprint density at radius 2 is 1.68 bits per heavy atom. The number of phenolic OH excluding ortho intramolecular Hbond substituents is 1. The molecule has 0 fully saturated rings. The number of aromatic hydroxyl groups is 1. The Bertz CT molecular complexity index is 746. The fourth-order valence-corrected chi connectivity index (χ4v) is 2.03. The zero-order valence-corrected chi connectivity index (χ0v) is 10.6. The lowest BCUT2D eigenvalue weighted by atomic mass is 10.2. The average Bonchev–Trinajstić information content (AvgIpc) is 2.41. The van der Waals surface area contributed by atoms with Gasteiger partial charge in [0.25, 0.3) is 0 Å². The summed E-state index contributed by atoms with van der Waals surface area (Å²) in [5.41, 5.74) is 1.32. The SMILES string of the molecule is Oc1ccccc1Nc1nc(Cl)nc2ccccc12. The number of rotatable bonds is 2. The summed E-state index contributed by atoms with van der Waals surface area (Å²) in [5.74, 6) is 0.721. The molecule has 94 valence electrons. The van der Waals surface area contributed by atoms with Crippen molar-refractivity contribution in [2.24, 2.45) is 0 Å². The van der Waals surface area contributed by atoms with Crippen LogP contribution >= 0.6 is 11.6 Å². The van der Waals surface area contributed by atoms with Crippen molar-refractivity contribution >= 4 is 34.0 Å². The molecule has 4 nitrogen and oxygen atoms in total. The van der Waals surface area contributed by atoms with E-state index in [2.05, 4.69) is 15.3 Å². The summed E-state index contributed by atoms with van der Waals surface area (Å²) in [4.78, 5) is 8.32. The first-order valence-electron chi connectivity index (χ1n) is 5.71. The molecule has 0 bridgehead atoms. The Hall–Kier alpha value is -2.33. The van der Waals surface area contributed by atoms with Crippen molar-refractivity contribution in [3.63, 3.8) is 0 Å². The fraction of sp³-hybridized carbons (Fsp3) is 0. The van der Waals surface area contributed by atoms with Crippen LogP contribution in [0, 0.1) is 0 Å². The predicted octanol–water partition coefficient (Wildman–Crippen LogP) is 3.73. The molecular weight excluding hydrogens is 262 g/mol. The highest BCUT2D eigenvalue weighted by molar-refractivity contribution is 6.28. The topological polar surface area (TPSA) is 58.0 Å². The summed E-state index contributed by atoms with van der Waals surface area (Å²) >= 11 is 5.91. The van der Waals surface area contributed by atoms with Gasteiger partial charge < -0.3 is 10.4 Å². The highest BCUT2D eigenvalue weighted by Gasteiger charge is 2.08. The number of hydrogen-bond acceptors (Lipinski definition) is 4. The molecule has 0 aliphatic carbocycles. The summed E-state index contributed by atoms with van der Waals surface area (Å²) in [7, 11) is 0. The Morgan fingerprint density at radius 3 is 2.53 bits per heavy atom. The molecule has 0 spiro atoms. The number of para-hydroxylation sites is 3. The molecule has 0 unspecified atom stereocenters. The van der Waals surface area contributed by atoms with Crippen LogP contribution in [0.15, 0.2) is 48.5 Å². The Labute approximate surface area is 114 Å². The first-order valence-corrected chi connectivity index (χ1v) is 6.09. The van der Waals surface area contributed by atoms with Gasteiger partial charge in [-0.15, -0.1) is 0 Å². The molecule has 0 amide bonds. The number of hydrogen-bond donors (Lipinski definition) is 2. The van der Waals surface area contributed by atoms with Gasteiger partial charge >= 0.3 is 0 Å². The van der Waals surface area contributed by atoms with Crippen LogP contribution in [-0.2, 0) is 0 Å². The van der Waals surface area contributed by atoms with Crippen LogP contribution in [0.1, 0.15) is 0 Å². The second kappa shape index (κ2) is 4.74. The standard InChI is InChI=1S/C14H10ClN3O/c15-14-17-10-6-2-1-5-9(10)13(18-14)16-11-7-3-4-8-12(11)19/h1-8,19H,(H,16,17,18). The minimum absolute atomic E-state index is 0.154. The largest absolute Gasteiger partial charge is 0.506 e. The molecule has 1 heterocycles. The normalized spacial score (nSPS) is 10.6. The van der Waals surface area contributed by atoms with E-state index in [-0.39, 0.29) is 11.0 Å². The van der Waals surface area contributed by atoms with Crippen molar-refractivity contribution < 1.29 is 5.11 Å². The van der Waals surface area contributed by atoms with Crippen molar-refractivity contribution in [2.75, 3.05) is 5.32 Å². The maximum absolute atomic E-state index is 9.77. The summed E-state index contributed by atoms with van der Waals surface area (Å²) in [5, 5.41) is 13.9. The van der Waals surface area contributed by atoms with Gasteiger partial charge in [0.05, 0.1) is 11.2 Å². The third-order valence-electron chi connectivity index (χ3n) is 2.73. The number of benzene rings is 2. The van der Waals surface area contributed by atoms with Crippen molar-refractivity contribution in [2.45, 2.75) is 0 Å². The molecule has 0 saturated carbocycles. The quantitative estimate of drug-likeness (QED) is 0.551. The molecule has 0 aliphatic heterocycles. The molecule has 19 heavy (non-hydrogen) atoms. The number of anilines is 2. The summed E-state index contributed by atoms with van der Waals surface area (Å²) in [6, 6.07) is 14.5. The number of aromatic nitrogens is 2. The zero-order valence-electron chi connectivity index (χ0n) is 9.84. The van der Waals surface area contributed by atoms with E-state index in [0.717, 1.165) is 10.9 Å². The minimum Gasteiger partial charge on any atom is -0.506 e. The van der Waals surface area contributed by atoms with Crippen molar-refractivity contribution in [3.8, 4) is 5.75 Å². The maximum Gasteiger partial charge on any atom is 0.224 e. The first kappa shape index (κ1) is 11.7. The van der Waals surface area contributed by atoms with Gasteiger partial charge in [-0.25, -0.2) is 4.98 Å². The molecule has 3 rings (SSSR count). The molecule has 5 heteroatoms. The molecule has 2 aromatic carbocycles. The summed E-state index contributed by atoms with van der Waals surface area (Å²) < 4.78 is 0. The van der Waals surface area contributed by atoms with E-state index in [0.29, 0.717) is 11.5 Å². The van der Waals surface area contributed by atoms with Gasteiger partial charge in [-0.3, -0.25) is 0 Å². The number of nitrogens with one attached hydrogen (secondary N) is 1. The van der Waals surface area contributed by atoms with Gasteiger partial charge in [-0.2, -0.15) is 4.98 Å². The number of nitrogens with zero attached hydrogens (tertiary/aromatic N) is 2. The van der Waals surface area contributed by atoms with Crippen LogP contribution in [0.4, 0.5) is 11.5 Å². The van der Waals surface area contributed by atoms with E-state index >= 15 is 0 Å². The van der Waals surface area contributed by atoms with Crippen molar-refractivity contribution in [1.29, 1.82) is 0 Å². The van der Waals surface area contributed by atoms with Gasteiger partial charge in [0.2, 0.25) is 5.28 Å². The van der Waals surface area contributed by atoms with E-state index < -0.39 is 0 Å². The van der Waals surface area contributed by atoms with Crippen LogP contribution in [0.2, 0.25) is 5.28 Å². The van der Waals surface area contributed by atoms with Gasteiger partial charge in [-0.1, -0.05) is 24.3 Å². The lowest BCUT2D eigenvalue weighted by Crippen LogP contribution is -1.97. The Morgan fingerprint density at radius 1 is 0.947 bits per heavy atom. The van der Waals surface area contributed by atoms with Crippen molar-refractivity contribution in [1.82, 2.24) is 9.97 Å². The summed E-state index contributed by atoms with van der Waals surface area (Å²) in [6.07, 6.45) is 0. The molecule has 3 aromatic rings. The number of phenols is 1. The predicted molar refractivity (Wildman–Crippen MR) is 75.9 cm³/mol. The molecule has 1 aromatic heterocycles. The average molecular weight is 272 g/mol. The molecule has 0 saturated heterocycles. The van der Waals surface area contributed by atoms with Crippen LogP contribution in [0.5, 0.6) is 5.75 Å². The second-order valence-corrected chi connectivity index (χ2v) is 4.34. The zero-order chi connectivity index (χ0) is 13.2. The highest BCUT2D eigenvalue weighted by atomic mass is 35.5. The molecule has 0 atom stereocenters. The van der Waals surface area contributed by atoms with Crippen LogP contribution in [0.25, 0.3) is 10.9 Å². The highest BCUT2D eigenvalue weighted by Crippen LogP contribution is 2.29. The minimum atomic E-state index is 0.154. The molecule has 0 aliphatic rings. The molecular formula is C14H10ClN3O. The molecule has 2 N–H and O–H groups in total. The third kappa shape index (κ3) is 2.30. The van der Waals surface area contributed by atoms with E-state index in [1.807, 2.05) is 30.3 Å².